The van der Waals surface area contributed by atoms with Gasteiger partial charge >= 0.3 is 12.1 Å². The largest absolute Gasteiger partial charge is 0.481 e. The summed E-state index contributed by atoms with van der Waals surface area (Å²) in [5.74, 6) is -2.25. The Kier molecular flexibility index (Phi) is 2.27. The Morgan fingerprint density at radius 3 is 2.33 bits per heavy atom. The van der Waals surface area contributed by atoms with Crippen LogP contribution < -0.4 is 0 Å². The van der Waals surface area contributed by atoms with Crippen LogP contribution in [0.4, 0.5) is 13.2 Å². The Morgan fingerprint density at radius 2 is 2.08 bits per heavy atom. The molecule has 0 amide bonds. The highest BCUT2D eigenvalue weighted by Gasteiger charge is 2.47. The number of halogens is 3. The van der Waals surface area contributed by atoms with Crippen molar-refractivity contribution in [3.05, 3.63) is 0 Å². The molecular formula is C6H7F3O3. The van der Waals surface area contributed by atoms with E-state index in [4.69, 9.17) is 5.11 Å². The van der Waals surface area contributed by atoms with Crippen LogP contribution in [0.5, 0.6) is 0 Å². The van der Waals surface area contributed by atoms with E-state index in [0.717, 1.165) is 0 Å². The molecule has 6 heteroatoms. The Morgan fingerprint density at radius 1 is 1.50 bits per heavy atom. The Balaban J connectivity index is 2.51. The van der Waals surface area contributed by atoms with Crippen molar-refractivity contribution in [2.45, 2.75) is 18.7 Å². The molecule has 70 valence electrons. The number of rotatable bonds is 1. The highest BCUT2D eigenvalue weighted by molar-refractivity contribution is 5.70. The molecule has 0 aromatic heterocycles. The van der Waals surface area contributed by atoms with Crippen molar-refractivity contribution in [2.75, 3.05) is 6.61 Å². The summed E-state index contributed by atoms with van der Waals surface area (Å²) in [6, 6.07) is 0. The van der Waals surface area contributed by atoms with Gasteiger partial charge in [0.2, 0.25) is 0 Å². The summed E-state index contributed by atoms with van der Waals surface area (Å²) in [6.45, 7) is -0.348. The van der Waals surface area contributed by atoms with Gasteiger partial charge in [0, 0.05) is 0 Å². The maximum Gasteiger partial charge on any atom is 0.414 e. The first-order valence-corrected chi connectivity index (χ1v) is 3.32. The highest BCUT2D eigenvalue weighted by atomic mass is 19.4. The lowest BCUT2D eigenvalue weighted by Gasteiger charge is -2.12. The molecule has 0 radical (unpaired) electrons. The second-order valence-electron chi connectivity index (χ2n) is 2.63. The average molecular weight is 184 g/mol. The number of ether oxygens (including phenoxy) is 1. The first-order valence-electron chi connectivity index (χ1n) is 3.32. The second kappa shape index (κ2) is 2.93. The maximum atomic E-state index is 11.9. The SMILES string of the molecule is O=C(O)C1COC(C(F)(F)F)C1. The molecule has 1 rings (SSSR count). The van der Waals surface area contributed by atoms with Crippen molar-refractivity contribution < 1.29 is 27.8 Å². The molecule has 1 saturated heterocycles. The van der Waals surface area contributed by atoms with Gasteiger partial charge in [0.05, 0.1) is 12.5 Å². The van der Waals surface area contributed by atoms with Gasteiger partial charge in [-0.25, -0.2) is 0 Å². The third-order valence-electron chi connectivity index (χ3n) is 1.71. The Hall–Kier alpha value is -0.780. The number of aliphatic carboxylic acids is 1. The van der Waals surface area contributed by atoms with Gasteiger partial charge < -0.3 is 9.84 Å². The molecule has 0 saturated carbocycles. The van der Waals surface area contributed by atoms with E-state index in [2.05, 4.69) is 4.74 Å². The van der Waals surface area contributed by atoms with Crippen molar-refractivity contribution >= 4 is 5.97 Å². The van der Waals surface area contributed by atoms with E-state index >= 15 is 0 Å². The van der Waals surface area contributed by atoms with Gasteiger partial charge in [-0.2, -0.15) is 13.2 Å². The van der Waals surface area contributed by atoms with E-state index in [1.165, 1.54) is 0 Å². The normalized spacial score (nSPS) is 30.6. The van der Waals surface area contributed by atoms with Crippen LogP contribution in [0.3, 0.4) is 0 Å². The van der Waals surface area contributed by atoms with Crippen molar-refractivity contribution in [3.8, 4) is 0 Å². The number of carboxylic acids is 1. The standard InChI is InChI=1S/C6H7F3O3/c7-6(8,9)4-1-3(2-12-4)5(10)11/h3-4H,1-2H2,(H,10,11). The zero-order chi connectivity index (χ0) is 9.35. The fourth-order valence-electron chi connectivity index (χ4n) is 1.03. The van der Waals surface area contributed by atoms with Crippen LogP contribution in [0.1, 0.15) is 6.42 Å². The van der Waals surface area contributed by atoms with Crippen LogP contribution >= 0.6 is 0 Å². The minimum absolute atomic E-state index is 0.348. The van der Waals surface area contributed by atoms with Gasteiger partial charge in [-0.3, -0.25) is 4.79 Å². The molecule has 12 heavy (non-hydrogen) atoms. The molecule has 2 atom stereocenters. The predicted octanol–water partition coefficient (Wildman–Crippen LogP) is 1.04. The van der Waals surface area contributed by atoms with E-state index in [9.17, 15) is 18.0 Å². The van der Waals surface area contributed by atoms with Crippen LogP contribution in [0.15, 0.2) is 0 Å². The molecule has 1 heterocycles. The van der Waals surface area contributed by atoms with Crippen molar-refractivity contribution in [1.29, 1.82) is 0 Å². The lowest BCUT2D eigenvalue weighted by molar-refractivity contribution is -0.206. The number of carboxylic acid groups (broad SMARTS) is 1. The van der Waals surface area contributed by atoms with Gasteiger partial charge in [-0.15, -0.1) is 0 Å². The van der Waals surface area contributed by atoms with Crippen LogP contribution in [-0.2, 0) is 9.53 Å². The highest BCUT2D eigenvalue weighted by Crippen LogP contribution is 2.32. The van der Waals surface area contributed by atoms with Crippen molar-refractivity contribution in [1.82, 2.24) is 0 Å². The van der Waals surface area contributed by atoms with Crippen molar-refractivity contribution in [3.63, 3.8) is 0 Å². The maximum absolute atomic E-state index is 11.9. The molecule has 0 spiro atoms. The third kappa shape index (κ3) is 1.88. The number of hydrogen-bond acceptors (Lipinski definition) is 2. The molecule has 0 aromatic rings. The lowest BCUT2D eigenvalue weighted by Crippen LogP contribution is -2.28. The molecule has 1 aliphatic rings. The molecule has 1 N–H and O–H groups in total. The average Bonchev–Trinajstić information content (AvgIpc) is 2.30. The molecule has 1 aliphatic heterocycles. The first kappa shape index (κ1) is 9.31. The van der Waals surface area contributed by atoms with Crippen LogP contribution in [-0.4, -0.2) is 30.0 Å². The van der Waals surface area contributed by atoms with Gasteiger partial charge in [-0.05, 0) is 6.42 Å². The van der Waals surface area contributed by atoms with E-state index in [1.807, 2.05) is 0 Å². The zero-order valence-corrected chi connectivity index (χ0v) is 5.97. The third-order valence-corrected chi connectivity index (χ3v) is 1.71. The number of alkyl halides is 3. The van der Waals surface area contributed by atoms with Crippen LogP contribution in [0.25, 0.3) is 0 Å². The summed E-state index contributed by atoms with van der Waals surface area (Å²) < 4.78 is 39.9. The molecule has 2 unspecified atom stereocenters. The van der Waals surface area contributed by atoms with Gasteiger partial charge in [0.25, 0.3) is 0 Å². The molecule has 1 fully saturated rings. The smallest absolute Gasteiger partial charge is 0.414 e. The van der Waals surface area contributed by atoms with Gasteiger partial charge in [0.15, 0.2) is 6.10 Å². The molecular weight excluding hydrogens is 177 g/mol. The minimum atomic E-state index is -4.44. The van der Waals surface area contributed by atoms with E-state index in [0.29, 0.717) is 0 Å². The quantitative estimate of drug-likeness (QED) is 0.662. The second-order valence-corrected chi connectivity index (χ2v) is 2.63. The minimum Gasteiger partial charge on any atom is -0.481 e. The monoisotopic (exact) mass is 184 g/mol. The molecule has 3 nitrogen and oxygen atoms in total. The summed E-state index contributed by atoms with van der Waals surface area (Å²) in [4.78, 5) is 10.2. The summed E-state index contributed by atoms with van der Waals surface area (Å²) >= 11 is 0. The molecule has 0 aliphatic carbocycles. The Labute approximate surface area is 66.1 Å². The fourth-order valence-corrected chi connectivity index (χ4v) is 1.03. The summed E-state index contributed by atoms with van der Waals surface area (Å²) in [5.41, 5.74) is 0. The van der Waals surface area contributed by atoms with Crippen molar-refractivity contribution in [2.24, 2.45) is 5.92 Å². The van der Waals surface area contributed by atoms with Crippen LogP contribution in [0.2, 0.25) is 0 Å². The van der Waals surface area contributed by atoms with Gasteiger partial charge in [-0.1, -0.05) is 0 Å². The fraction of sp³-hybridized carbons (Fsp3) is 0.833. The van der Waals surface area contributed by atoms with E-state index in [-0.39, 0.29) is 6.61 Å². The summed E-state index contributed by atoms with van der Waals surface area (Å²) in [5, 5.41) is 8.35. The zero-order valence-electron chi connectivity index (χ0n) is 5.97. The van der Waals surface area contributed by atoms with Crippen LogP contribution in [0, 0.1) is 5.92 Å². The lowest BCUT2D eigenvalue weighted by atomic mass is 10.1. The first-order chi connectivity index (χ1) is 5.41. The summed E-state index contributed by atoms with van der Waals surface area (Å²) in [6.07, 6.45) is -6.82. The predicted molar refractivity (Wildman–Crippen MR) is 31.5 cm³/mol. The number of carbonyl (C=O) groups is 1. The number of hydrogen-bond donors (Lipinski definition) is 1. The van der Waals surface area contributed by atoms with E-state index in [1.54, 1.807) is 0 Å². The molecule has 0 aromatic carbocycles. The van der Waals surface area contributed by atoms with E-state index < -0.39 is 30.6 Å². The van der Waals surface area contributed by atoms with Gasteiger partial charge in [0.1, 0.15) is 0 Å². The summed E-state index contributed by atoms with van der Waals surface area (Å²) in [7, 11) is 0. The Bertz CT molecular complexity index is 189. The molecule has 0 bridgehead atoms. The topological polar surface area (TPSA) is 46.5 Å².